The van der Waals surface area contributed by atoms with Gasteiger partial charge in [0.05, 0.1) is 5.92 Å². The van der Waals surface area contributed by atoms with Crippen LogP contribution in [-0.4, -0.2) is 30.9 Å². The van der Waals surface area contributed by atoms with Gasteiger partial charge in [-0.05, 0) is 31.9 Å². The summed E-state index contributed by atoms with van der Waals surface area (Å²) in [4.78, 5) is 23.6. The van der Waals surface area contributed by atoms with Crippen LogP contribution in [0.5, 0.6) is 0 Å². The standard InChI is InChI=1S/C16H23N3O2/c1-3-17-15(20)8-9-18-16(21)13-10-12-6-4-5-7-14(12)19-11(13)2/h4-7,11,13,19H,3,8-10H2,1-2H3,(H,17,20)(H,18,21). The molecule has 21 heavy (non-hydrogen) atoms. The van der Waals surface area contributed by atoms with Crippen LogP contribution in [0.15, 0.2) is 24.3 Å². The number of benzene rings is 1. The lowest BCUT2D eigenvalue weighted by atomic mass is 9.87. The third kappa shape index (κ3) is 3.97. The van der Waals surface area contributed by atoms with Crippen molar-refractivity contribution in [2.75, 3.05) is 18.4 Å². The maximum Gasteiger partial charge on any atom is 0.225 e. The van der Waals surface area contributed by atoms with Crippen molar-refractivity contribution in [3.63, 3.8) is 0 Å². The molecule has 0 aromatic heterocycles. The van der Waals surface area contributed by atoms with Crippen LogP contribution in [0.4, 0.5) is 5.69 Å². The second-order valence-electron chi connectivity index (χ2n) is 5.40. The molecule has 2 unspecified atom stereocenters. The SMILES string of the molecule is CCNC(=O)CCNC(=O)C1Cc2ccccc2NC1C. The smallest absolute Gasteiger partial charge is 0.225 e. The number of amides is 2. The number of nitrogens with one attached hydrogen (secondary N) is 3. The summed E-state index contributed by atoms with van der Waals surface area (Å²) >= 11 is 0. The number of rotatable bonds is 5. The number of hydrogen-bond acceptors (Lipinski definition) is 3. The zero-order valence-electron chi connectivity index (χ0n) is 12.6. The average molecular weight is 289 g/mol. The summed E-state index contributed by atoms with van der Waals surface area (Å²) in [6, 6.07) is 8.15. The zero-order valence-corrected chi connectivity index (χ0v) is 12.6. The van der Waals surface area contributed by atoms with Gasteiger partial charge in [0.2, 0.25) is 11.8 Å². The lowest BCUT2D eigenvalue weighted by Gasteiger charge is -2.31. The first-order chi connectivity index (χ1) is 10.1. The van der Waals surface area contributed by atoms with Gasteiger partial charge in [-0.2, -0.15) is 0 Å². The quantitative estimate of drug-likeness (QED) is 0.765. The minimum Gasteiger partial charge on any atom is -0.382 e. The van der Waals surface area contributed by atoms with Crippen molar-refractivity contribution in [2.24, 2.45) is 5.92 Å². The minimum atomic E-state index is -0.103. The Morgan fingerprint density at radius 1 is 1.29 bits per heavy atom. The van der Waals surface area contributed by atoms with Crippen LogP contribution in [-0.2, 0) is 16.0 Å². The fraction of sp³-hybridized carbons (Fsp3) is 0.500. The molecule has 0 saturated heterocycles. The van der Waals surface area contributed by atoms with Crippen molar-refractivity contribution in [3.05, 3.63) is 29.8 Å². The summed E-state index contributed by atoms with van der Waals surface area (Å²) in [5, 5.41) is 8.95. The molecule has 1 aliphatic heterocycles. The number of para-hydroxylation sites is 1. The van der Waals surface area contributed by atoms with Gasteiger partial charge in [0.15, 0.2) is 0 Å². The first kappa shape index (κ1) is 15.4. The predicted molar refractivity (Wildman–Crippen MR) is 83.0 cm³/mol. The molecule has 2 atom stereocenters. The lowest BCUT2D eigenvalue weighted by molar-refractivity contribution is -0.125. The van der Waals surface area contributed by atoms with Crippen molar-refractivity contribution in [1.29, 1.82) is 0 Å². The van der Waals surface area contributed by atoms with Gasteiger partial charge in [0.25, 0.3) is 0 Å². The number of hydrogen-bond donors (Lipinski definition) is 3. The molecule has 114 valence electrons. The van der Waals surface area contributed by atoms with Crippen molar-refractivity contribution in [2.45, 2.75) is 32.7 Å². The van der Waals surface area contributed by atoms with Crippen molar-refractivity contribution < 1.29 is 9.59 Å². The fourth-order valence-electron chi connectivity index (χ4n) is 2.63. The van der Waals surface area contributed by atoms with E-state index in [0.29, 0.717) is 19.5 Å². The molecule has 1 aliphatic rings. The fourth-order valence-corrected chi connectivity index (χ4v) is 2.63. The topological polar surface area (TPSA) is 70.2 Å². The second kappa shape index (κ2) is 7.11. The van der Waals surface area contributed by atoms with E-state index in [0.717, 1.165) is 12.1 Å². The summed E-state index contributed by atoms with van der Waals surface area (Å²) in [7, 11) is 0. The van der Waals surface area contributed by atoms with E-state index in [-0.39, 0.29) is 23.8 Å². The molecule has 1 aromatic rings. The molecule has 0 aliphatic carbocycles. The highest BCUT2D eigenvalue weighted by atomic mass is 16.2. The van der Waals surface area contributed by atoms with Gasteiger partial charge >= 0.3 is 0 Å². The Kier molecular flexibility index (Phi) is 5.20. The molecule has 0 fully saturated rings. The molecular formula is C16H23N3O2. The van der Waals surface area contributed by atoms with Gasteiger partial charge < -0.3 is 16.0 Å². The summed E-state index contributed by atoms with van der Waals surface area (Å²) in [5.74, 6) is -0.124. The molecule has 5 nitrogen and oxygen atoms in total. The molecular weight excluding hydrogens is 266 g/mol. The highest BCUT2D eigenvalue weighted by molar-refractivity contribution is 5.82. The molecule has 5 heteroatoms. The van der Waals surface area contributed by atoms with Gasteiger partial charge in [0.1, 0.15) is 0 Å². The minimum absolute atomic E-state index is 0.00815. The molecule has 0 saturated carbocycles. The normalized spacial score (nSPS) is 20.1. The third-order valence-electron chi connectivity index (χ3n) is 3.81. The van der Waals surface area contributed by atoms with Crippen LogP contribution in [0.2, 0.25) is 0 Å². The Bertz CT molecular complexity index is 516. The van der Waals surface area contributed by atoms with Gasteiger partial charge in [-0.25, -0.2) is 0 Å². The first-order valence-electron chi connectivity index (χ1n) is 7.50. The largest absolute Gasteiger partial charge is 0.382 e. The number of fused-ring (bicyclic) bond motifs is 1. The van der Waals surface area contributed by atoms with Gasteiger partial charge in [-0.3, -0.25) is 9.59 Å². The predicted octanol–water partition coefficient (Wildman–Crippen LogP) is 1.30. The van der Waals surface area contributed by atoms with Crippen molar-refractivity contribution in [1.82, 2.24) is 10.6 Å². The first-order valence-corrected chi connectivity index (χ1v) is 7.50. The van der Waals surface area contributed by atoms with Crippen molar-refractivity contribution >= 4 is 17.5 Å². The van der Waals surface area contributed by atoms with Gasteiger partial charge in [-0.1, -0.05) is 18.2 Å². The third-order valence-corrected chi connectivity index (χ3v) is 3.81. The molecule has 1 aromatic carbocycles. The van der Waals surface area contributed by atoms with E-state index in [1.54, 1.807) is 0 Å². The van der Waals surface area contributed by atoms with E-state index in [1.165, 1.54) is 5.56 Å². The molecule has 2 rings (SSSR count). The maximum atomic E-state index is 12.3. The highest BCUT2D eigenvalue weighted by Crippen LogP contribution is 2.28. The van der Waals surface area contributed by atoms with Crippen LogP contribution in [0.3, 0.4) is 0 Å². The average Bonchev–Trinajstić information content (AvgIpc) is 2.46. The highest BCUT2D eigenvalue weighted by Gasteiger charge is 2.30. The van der Waals surface area contributed by atoms with Crippen LogP contribution < -0.4 is 16.0 Å². The van der Waals surface area contributed by atoms with E-state index in [1.807, 2.05) is 38.1 Å². The summed E-state index contributed by atoms with van der Waals surface area (Å²) in [5.41, 5.74) is 2.27. The molecule has 2 amide bonds. The van der Waals surface area contributed by atoms with Crippen LogP contribution >= 0.6 is 0 Å². The summed E-state index contributed by atoms with van der Waals surface area (Å²) in [6.07, 6.45) is 1.06. The number of carbonyl (C=O) groups is 2. The maximum absolute atomic E-state index is 12.3. The molecule has 0 spiro atoms. The number of anilines is 1. The van der Waals surface area contributed by atoms with E-state index in [4.69, 9.17) is 0 Å². The van der Waals surface area contributed by atoms with E-state index in [2.05, 4.69) is 16.0 Å². The van der Waals surface area contributed by atoms with E-state index in [9.17, 15) is 9.59 Å². The van der Waals surface area contributed by atoms with Gasteiger partial charge in [-0.15, -0.1) is 0 Å². The second-order valence-corrected chi connectivity index (χ2v) is 5.40. The Morgan fingerprint density at radius 3 is 2.81 bits per heavy atom. The van der Waals surface area contributed by atoms with Crippen LogP contribution in [0, 0.1) is 5.92 Å². The van der Waals surface area contributed by atoms with Crippen LogP contribution in [0.25, 0.3) is 0 Å². The Morgan fingerprint density at radius 2 is 2.05 bits per heavy atom. The summed E-state index contributed by atoms with van der Waals surface area (Å²) in [6.45, 7) is 4.90. The summed E-state index contributed by atoms with van der Waals surface area (Å²) < 4.78 is 0. The Hall–Kier alpha value is -2.04. The Labute approximate surface area is 125 Å². The van der Waals surface area contributed by atoms with E-state index < -0.39 is 0 Å². The lowest BCUT2D eigenvalue weighted by Crippen LogP contribution is -2.44. The molecule has 0 radical (unpaired) electrons. The molecule has 1 heterocycles. The van der Waals surface area contributed by atoms with E-state index >= 15 is 0 Å². The number of carbonyl (C=O) groups excluding carboxylic acids is 2. The van der Waals surface area contributed by atoms with Crippen LogP contribution in [0.1, 0.15) is 25.8 Å². The zero-order chi connectivity index (χ0) is 15.2. The van der Waals surface area contributed by atoms with Crippen molar-refractivity contribution in [3.8, 4) is 0 Å². The van der Waals surface area contributed by atoms with Gasteiger partial charge in [0, 0.05) is 31.2 Å². The monoisotopic (exact) mass is 289 g/mol. The molecule has 3 N–H and O–H groups in total. The Balaban J connectivity index is 1.87. The molecule has 0 bridgehead atoms.